The van der Waals surface area contributed by atoms with E-state index >= 15 is 0 Å². The zero-order chi connectivity index (χ0) is 26.0. The van der Waals surface area contributed by atoms with Gasteiger partial charge >= 0.3 is 0 Å². The zero-order valence-electron chi connectivity index (χ0n) is 20.6. The minimum absolute atomic E-state index is 0.0254. The van der Waals surface area contributed by atoms with Crippen molar-refractivity contribution in [2.45, 2.75) is 25.3 Å². The molecule has 3 aromatic heterocycles. The molecule has 4 aromatic rings. The van der Waals surface area contributed by atoms with Crippen molar-refractivity contribution < 1.29 is 17.9 Å². The number of hydrogen-bond donors (Lipinski definition) is 2. The monoisotopic (exact) mass is 543 g/mol. The molecule has 37 heavy (non-hydrogen) atoms. The van der Waals surface area contributed by atoms with E-state index in [2.05, 4.69) is 15.2 Å². The summed E-state index contributed by atoms with van der Waals surface area (Å²) in [5.74, 6) is 0.834. The summed E-state index contributed by atoms with van der Waals surface area (Å²) in [5.41, 5.74) is 5.39. The molecule has 0 amide bonds. The smallest absolute Gasteiger partial charge is 0.150 e. The number of hydrogen-bond acceptors (Lipinski definition) is 8. The highest BCUT2D eigenvalue weighted by Crippen LogP contribution is 2.29. The number of nitrogens with zero attached hydrogens (tertiary/aromatic N) is 4. The molecule has 0 saturated carbocycles. The van der Waals surface area contributed by atoms with E-state index in [9.17, 15) is 17.9 Å². The zero-order valence-corrected chi connectivity index (χ0v) is 22.2. The Balaban J connectivity index is 1.46. The highest BCUT2D eigenvalue weighted by atomic mass is 32.2. The third kappa shape index (κ3) is 5.54. The summed E-state index contributed by atoms with van der Waals surface area (Å²) >= 11 is 1.50. The van der Waals surface area contributed by atoms with Gasteiger partial charge < -0.3 is 10.4 Å². The second-order valence-corrected chi connectivity index (χ2v) is 12.3. The molecule has 0 unspecified atom stereocenters. The second kappa shape index (κ2) is 10.9. The summed E-state index contributed by atoms with van der Waals surface area (Å²) in [6, 6.07) is 9.09. The molecule has 1 fully saturated rings. The highest BCUT2D eigenvalue weighted by Gasteiger charge is 2.28. The van der Waals surface area contributed by atoms with Crippen LogP contribution in [0.25, 0.3) is 28.1 Å². The number of aliphatic hydroxyl groups is 1. The van der Waals surface area contributed by atoms with Crippen LogP contribution in [-0.2, 0) is 16.3 Å². The molecule has 1 saturated heterocycles. The Morgan fingerprint density at radius 1 is 1.22 bits per heavy atom. The van der Waals surface area contributed by atoms with Crippen LogP contribution in [0.3, 0.4) is 0 Å². The van der Waals surface area contributed by atoms with Gasteiger partial charge in [0.15, 0.2) is 0 Å². The summed E-state index contributed by atoms with van der Waals surface area (Å²) in [6.07, 6.45) is 3.94. The molecule has 0 aliphatic carbocycles. The first-order valence-electron chi connectivity index (χ1n) is 12.3. The fraction of sp³-hybridized carbons (Fsp3) is 0.385. The van der Waals surface area contributed by atoms with E-state index in [0.717, 1.165) is 22.4 Å². The number of aromatic nitrogens is 3. The maximum atomic E-state index is 14.4. The maximum absolute atomic E-state index is 14.4. The lowest BCUT2D eigenvalue weighted by atomic mass is 10.1. The molecule has 8 nitrogen and oxygen atoms in total. The maximum Gasteiger partial charge on any atom is 0.150 e. The number of benzene rings is 1. The van der Waals surface area contributed by atoms with E-state index in [1.807, 2.05) is 34.3 Å². The van der Waals surface area contributed by atoms with Crippen molar-refractivity contribution in [1.29, 1.82) is 0 Å². The van der Waals surface area contributed by atoms with Gasteiger partial charge in [0.25, 0.3) is 0 Å². The number of sulfone groups is 1. The summed E-state index contributed by atoms with van der Waals surface area (Å²) < 4.78 is 40.2. The highest BCUT2D eigenvalue weighted by molar-refractivity contribution is 7.91. The van der Waals surface area contributed by atoms with Crippen LogP contribution in [0.15, 0.2) is 47.4 Å². The van der Waals surface area contributed by atoms with Crippen molar-refractivity contribution in [2.75, 3.05) is 43.6 Å². The van der Waals surface area contributed by atoms with Crippen LogP contribution in [0, 0.1) is 5.82 Å². The van der Waals surface area contributed by atoms with E-state index in [1.54, 1.807) is 18.6 Å². The summed E-state index contributed by atoms with van der Waals surface area (Å²) in [7, 11) is -1.27. The van der Waals surface area contributed by atoms with E-state index in [0.29, 0.717) is 49.3 Å². The number of nitrogens with one attached hydrogen (secondary N) is 1. The molecule has 11 heteroatoms. The number of pyridine rings is 1. The van der Waals surface area contributed by atoms with Crippen LogP contribution in [0.4, 0.5) is 10.1 Å². The van der Waals surface area contributed by atoms with Gasteiger partial charge in [-0.05, 0) is 49.1 Å². The number of halogens is 1. The predicted molar refractivity (Wildman–Crippen MR) is 146 cm³/mol. The number of fused-ring (bicyclic) bond motifs is 1. The second-order valence-electron chi connectivity index (χ2n) is 9.28. The molecule has 1 aliphatic heterocycles. The Bertz CT molecular complexity index is 1470. The van der Waals surface area contributed by atoms with Crippen molar-refractivity contribution in [3.05, 3.63) is 58.8 Å². The Labute approximate surface area is 219 Å². The van der Waals surface area contributed by atoms with Crippen molar-refractivity contribution >= 4 is 37.9 Å². The quantitative estimate of drug-likeness (QED) is 0.332. The molecule has 4 heterocycles. The van der Waals surface area contributed by atoms with Gasteiger partial charge in [-0.3, -0.25) is 9.47 Å². The number of thiazole rings is 1. The van der Waals surface area contributed by atoms with E-state index in [4.69, 9.17) is 4.98 Å². The van der Waals surface area contributed by atoms with Crippen LogP contribution in [0.5, 0.6) is 0 Å². The standard InChI is InChI=1S/C26H30FN5O3S2/c1-28-24-4-2-18(14-22(24)27)23-5-3-21-19(15-32(26(21)30-23)25-16-36-17-29-25)6-9-31(10-11-33)20-7-12-37(34,35)13-8-20/h2-5,14-17,20,28,33H,6-13H2,1H3. The third-order valence-corrected chi connectivity index (χ3v) is 9.32. The fourth-order valence-electron chi connectivity index (χ4n) is 5.02. The van der Waals surface area contributed by atoms with Crippen molar-refractivity contribution in [1.82, 2.24) is 19.4 Å². The Kier molecular flexibility index (Phi) is 7.57. The summed E-state index contributed by atoms with van der Waals surface area (Å²) in [6.45, 7) is 1.23. The van der Waals surface area contributed by atoms with Crippen LogP contribution < -0.4 is 5.32 Å². The Hall–Kier alpha value is -2.86. The molecular weight excluding hydrogens is 513 g/mol. The van der Waals surface area contributed by atoms with Gasteiger partial charge in [-0.25, -0.2) is 22.8 Å². The van der Waals surface area contributed by atoms with Crippen LogP contribution in [-0.4, -0.2) is 77.3 Å². The first-order chi connectivity index (χ1) is 17.9. The average Bonchev–Trinajstić information content (AvgIpc) is 3.54. The average molecular weight is 544 g/mol. The fourth-order valence-corrected chi connectivity index (χ4v) is 7.01. The van der Waals surface area contributed by atoms with Crippen LogP contribution in [0.1, 0.15) is 18.4 Å². The van der Waals surface area contributed by atoms with Crippen molar-refractivity contribution in [3.63, 3.8) is 0 Å². The Morgan fingerprint density at radius 3 is 2.70 bits per heavy atom. The molecular formula is C26H30FN5O3S2. The first-order valence-corrected chi connectivity index (χ1v) is 15.1. The predicted octanol–water partition coefficient (Wildman–Crippen LogP) is 3.74. The number of anilines is 1. The van der Waals surface area contributed by atoms with Gasteiger partial charge in [0, 0.05) is 48.7 Å². The number of rotatable bonds is 9. The lowest BCUT2D eigenvalue weighted by molar-refractivity contribution is 0.143. The van der Waals surface area contributed by atoms with Gasteiger partial charge in [-0.15, -0.1) is 11.3 Å². The molecule has 0 radical (unpaired) electrons. The third-order valence-electron chi connectivity index (χ3n) is 7.03. The molecule has 0 bridgehead atoms. The largest absolute Gasteiger partial charge is 0.395 e. The molecule has 196 valence electrons. The van der Waals surface area contributed by atoms with E-state index in [1.165, 1.54) is 17.4 Å². The molecule has 5 rings (SSSR count). The molecule has 0 spiro atoms. The van der Waals surface area contributed by atoms with Crippen molar-refractivity contribution in [3.8, 4) is 17.1 Å². The van der Waals surface area contributed by atoms with Crippen LogP contribution >= 0.6 is 11.3 Å². The van der Waals surface area contributed by atoms with Gasteiger partial charge in [-0.2, -0.15) is 0 Å². The van der Waals surface area contributed by atoms with Gasteiger partial charge in [0.1, 0.15) is 27.1 Å². The molecule has 1 aromatic carbocycles. The lowest BCUT2D eigenvalue weighted by Crippen LogP contribution is -2.43. The minimum atomic E-state index is -2.95. The van der Waals surface area contributed by atoms with Gasteiger partial charge in [0.05, 0.1) is 35.0 Å². The van der Waals surface area contributed by atoms with E-state index < -0.39 is 9.84 Å². The van der Waals surface area contributed by atoms with Crippen molar-refractivity contribution in [2.24, 2.45) is 0 Å². The molecule has 2 N–H and O–H groups in total. The Morgan fingerprint density at radius 2 is 2.03 bits per heavy atom. The normalized spacial score (nSPS) is 16.0. The topological polar surface area (TPSA) is 100 Å². The van der Waals surface area contributed by atoms with E-state index in [-0.39, 0.29) is 30.0 Å². The first kappa shape index (κ1) is 25.8. The lowest BCUT2D eigenvalue weighted by Gasteiger charge is -2.33. The van der Waals surface area contributed by atoms with Gasteiger partial charge in [0.2, 0.25) is 0 Å². The molecule has 1 aliphatic rings. The number of aliphatic hydroxyl groups excluding tert-OH is 1. The van der Waals surface area contributed by atoms with Crippen LogP contribution in [0.2, 0.25) is 0 Å². The molecule has 0 atom stereocenters. The minimum Gasteiger partial charge on any atom is -0.395 e. The summed E-state index contributed by atoms with van der Waals surface area (Å²) in [4.78, 5) is 11.6. The SMILES string of the molecule is CNc1ccc(-c2ccc3c(CCN(CCO)C4CCS(=O)(=O)CC4)cn(-c4cscn4)c3n2)cc1F. The summed E-state index contributed by atoms with van der Waals surface area (Å²) in [5, 5.41) is 15.4. The van der Waals surface area contributed by atoms with Gasteiger partial charge in [-0.1, -0.05) is 6.07 Å².